The third-order valence-electron chi connectivity index (χ3n) is 3.70. The highest BCUT2D eigenvalue weighted by molar-refractivity contribution is 7.09. The lowest BCUT2D eigenvalue weighted by Gasteiger charge is -2.32. The van der Waals surface area contributed by atoms with Crippen LogP contribution < -0.4 is 5.32 Å². The molecule has 1 aromatic heterocycles. The summed E-state index contributed by atoms with van der Waals surface area (Å²) in [5.41, 5.74) is 1.31. The van der Waals surface area contributed by atoms with E-state index in [-0.39, 0.29) is 0 Å². The second kappa shape index (κ2) is 6.50. The van der Waals surface area contributed by atoms with Gasteiger partial charge in [0.1, 0.15) is 0 Å². The van der Waals surface area contributed by atoms with Crippen LogP contribution in [0, 0.1) is 12.8 Å². The van der Waals surface area contributed by atoms with Gasteiger partial charge in [-0.3, -0.25) is 0 Å². The first kappa shape index (κ1) is 13.0. The van der Waals surface area contributed by atoms with Gasteiger partial charge in [0.2, 0.25) is 0 Å². The van der Waals surface area contributed by atoms with Gasteiger partial charge in [-0.05, 0) is 45.1 Å². The Kier molecular flexibility index (Phi) is 4.99. The molecule has 3 heteroatoms. The van der Waals surface area contributed by atoms with E-state index in [1.165, 1.54) is 49.2 Å². The fraction of sp³-hybridized carbons (Fsp3) is 0.786. The molecular weight excluding hydrogens is 228 g/mol. The Morgan fingerprint density at radius 1 is 1.41 bits per heavy atom. The lowest BCUT2D eigenvalue weighted by Crippen LogP contribution is -2.39. The molecule has 2 rings (SSSR count). The van der Waals surface area contributed by atoms with Crippen molar-refractivity contribution in [2.75, 3.05) is 6.54 Å². The predicted octanol–water partition coefficient (Wildman–Crippen LogP) is 3.55. The monoisotopic (exact) mass is 252 g/mol. The lowest BCUT2D eigenvalue weighted by atomic mass is 9.82. The summed E-state index contributed by atoms with van der Waals surface area (Å²) < 4.78 is 0. The minimum absolute atomic E-state index is 0.728. The minimum atomic E-state index is 0.728. The molecule has 0 aromatic carbocycles. The first-order chi connectivity index (χ1) is 8.29. The number of aryl methyl sites for hydroxylation is 1. The average Bonchev–Trinajstić information content (AvgIpc) is 2.74. The van der Waals surface area contributed by atoms with Crippen LogP contribution in [-0.4, -0.2) is 17.6 Å². The Balaban J connectivity index is 1.91. The maximum atomic E-state index is 4.61. The van der Waals surface area contributed by atoms with E-state index in [0.29, 0.717) is 0 Å². The van der Waals surface area contributed by atoms with Crippen molar-refractivity contribution in [2.24, 2.45) is 5.92 Å². The van der Waals surface area contributed by atoms with Crippen LogP contribution in [0.5, 0.6) is 0 Å². The number of aromatic nitrogens is 1. The van der Waals surface area contributed by atoms with Gasteiger partial charge in [0, 0.05) is 11.4 Å². The Morgan fingerprint density at radius 2 is 2.24 bits per heavy atom. The second-order valence-electron chi connectivity index (χ2n) is 5.17. The van der Waals surface area contributed by atoms with E-state index in [1.54, 1.807) is 11.3 Å². The summed E-state index contributed by atoms with van der Waals surface area (Å²) in [5.74, 6) is 0.803. The van der Waals surface area contributed by atoms with Crippen molar-refractivity contribution in [3.8, 4) is 0 Å². The van der Waals surface area contributed by atoms with Crippen molar-refractivity contribution in [1.29, 1.82) is 0 Å². The topological polar surface area (TPSA) is 24.9 Å². The minimum Gasteiger partial charge on any atom is -0.314 e. The Labute approximate surface area is 109 Å². The molecular formula is C14H24N2S. The van der Waals surface area contributed by atoms with Gasteiger partial charge in [0.15, 0.2) is 0 Å². The van der Waals surface area contributed by atoms with E-state index in [2.05, 4.69) is 29.5 Å². The third-order valence-corrected chi connectivity index (χ3v) is 4.53. The van der Waals surface area contributed by atoms with Crippen molar-refractivity contribution in [1.82, 2.24) is 10.3 Å². The van der Waals surface area contributed by atoms with Crippen molar-refractivity contribution >= 4 is 11.3 Å². The van der Waals surface area contributed by atoms with Crippen LogP contribution in [0.15, 0.2) is 5.38 Å². The van der Waals surface area contributed by atoms with Crippen LogP contribution >= 0.6 is 11.3 Å². The zero-order chi connectivity index (χ0) is 12.1. The Morgan fingerprint density at radius 3 is 2.94 bits per heavy atom. The highest BCUT2D eigenvalue weighted by atomic mass is 32.1. The molecule has 2 nitrogen and oxygen atoms in total. The standard InChI is InChI=1S/C14H24N2S/c1-3-8-15-14-7-5-4-6-12(14)9-13-10-17-11(2)16-13/h10,12,14-15H,3-9H2,1-2H3. The number of hydrogen-bond acceptors (Lipinski definition) is 3. The smallest absolute Gasteiger partial charge is 0.0897 e. The highest BCUT2D eigenvalue weighted by Gasteiger charge is 2.25. The third kappa shape index (κ3) is 3.78. The number of nitrogens with one attached hydrogen (secondary N) is 1. The average molecular weight is 252 g/mol. The molecule has 1 saturated carbocycles. The fourth-order valence-corrected chi connectivity index (χ4v) is 3.45. The van der Waals surface area contributed by atoms with E-state index in [9.17, 15) is 0 Å². The van der Waals surface area contributed by atoms with Crippen LogP contribution in [0.1, 0.15) is 49.7 Å². The van der Waals surface area contributed by atoms with Crippen molar-refractivity contribution < 1.29 is 0 Å². The molecule has 2 unspecified atom stereocenters. The molecule has 0 amide bonds. The number of nitrogens with zero attached hydrogens (tertiary/aromatic N) is 1. The molecule has 1 aliphatic carbocycles. The Hall–Kier alpha value is -0.410. The van der Waals surface area contributed by atoms with Crippen LogP contribution in [0.25, 0.3) is 0 Å². The molecule has 0 radical (unpaired) electrons. The van der Waals surface area contributed by atoms with Gasteiger partial charge in [0.25, 0.3) is 0 Å². The normalized spacial score (nSPS) is 25.1. The summed E-state index contributed by atoms with van der Waals surface area (Å²) in [6.45, 7) is 5.51. The van der Waals surface area contributed by atoms with E-state index in [1.807, 2.05) is 0 Å². The highest BCUT2D eigenvalue weighted by Crippen LogP contribution is 2.28. The molecule has 96 valence electrons. The van der Waals surface area contributed by atoms with Gasteiger partial charge < -0.3 is 5.32 Å². The summed E-state index contributed by atoms with van der Waals surface area (Å²) >= 11 is 1.78. The first-order valence-electron chi connectivity index (χ1n) is 6.94. The van der Waals surface area contributed by atoms with E-state index in [4.69, 9.17) is 0 Å². The number of thiazole rings is 1. The molecule has 0 aliphatic heterocycles. The second-order valence-corrected chi connectivity index (χ2v) is 6.23. The van der Waals surface area contributed by atoms with Crippen LogP contribution in [0.3, 0.4) is 0 Å². The number of hydrogen-bond donors (Lipinski definition) is 1. The first-order valence-corrected chi connectivity index (χ1v) is 7.82. The van der Waals surface area contributed by atoms with E-state index < -0.39 is 0 Å². The zero-order valence-electron chi connectivity index (χ0n) is 11.0. The molecule has 0 spiro atoms. The molecule has 17 heavy (non-hydrogen) atoms. The molecule has 1 aromatic rings. The van der Waals surface area contributed by atoms with Gasteiger partial charge in [-0.25, -0.2) is 4.98 Å². The number of rotatable bonds is 5. The van der Waals surface area contributed by atoms with Gasteiger partial charge in [0.05, 0.1) is 10.7 Å². The lowest BCUT2D eigenvalue weighted by molar-refractivity contribution is 0.260. The quantitative estimate of drug-likeness (QED) is 0.867. The van der Waals surface area contributed by atoms with Gasteiger partial charge in [-0.1, -0.05) is 19.8 Å². The molecule has 0 saturated heterocycles. The maximum absolute atomic E-state index is 4.61. The molecule has 1 N–H and O–H groups in total. The van der Waals surface area contributed by atoms with Crippen LogP contribution in [-0.2, 0) is 6.42 Å². The summed E-state index contributed by atoms with van der Waals surface area (Å²) in [7, 11) is 0. The van der Waals surface area contributed by atoms with Gasteiger partial charge in [-0.2, -0.15) is 0 Å². The fourth-order valence-electron chi connectivity index (χ4n) is 2.82. The predicted molar refractivity (Wildman–Crippen MR) is 74.6 cm³/mol. The molecule has 0 bridgehead atoms. The maximum Gasteiger partial charge on any atom is 0.0897 e. The van der Waals surface area contributed by atoms with E-state index >= 15 is 0 Å². The van der Waals surface area contributed by atoms with Crippen molar-refractivity contribution in [3.63, 3.8) is 0 Å². The van der Waals surface area contributed by atoms with Crippen molar-refractivity contribution in [2.45, 2.75) is 58.4 Å². The molecule has 1 aliphatic rings. The zero-order valence-corrected chi connectivity index (χ0v) is 11.9. The largest absolute Gasteiger partial charge is 0.314 e. The molecule has 2 atom stereocenters. The summed E-state index contributed by atoms with van der Waals surface area (Å²) in [6.07, 6.45) is 7.93. The van der Waals surface area contributed by atoms with Gasteiger partial charge >= 0.3 is 0 Å². The summed E-state index contributed by atoms with van der Waals surface area (Å²) in [4.78, 5) is 4.61. The molecule has 1 heterocycles. The van der Waals surface area contributed by atoms with Crippen LogP contribution in [0.2, 0.25) is 0 Å². The van der Waals surface area contributed by atoms with E-state index in [0.717, 1.165) is 18.5 Å². The Bertz CT molecular complexity index is 335. The van der Waals surface area contributed by atoms with Gasteiger partial charge in [-0.15, -0.1) is 11.3 Å². The molecule has 1 fully saturated rings. The SMILES string of the molecule is CCCNC1CCCCC1Cc1csc(C)n1. The van der Waals surface area contributed by atoms with Crippen LogP contribution in [0.4, 0.5) is 0 Å². The summed E-state index contributed by atoms with van der Waals surface area (Å²) in [6, 6.07) is 0.728. The van der Waals surface area contributed by atoms with Crippen molar-refractivity contribution in [3.05, 3.63) is 16.1 Å². The summed E-state index contributed by atoms with van der Waals surface area (Å²) in [5, 5.41) is 7.16.